The van der Waals surface area contributed by atoms with Crippen molar-refractivity contribution in [3.05, 3.63) is 71.8 Å². The SMILES string of the molecule is CC[C@@H]1CN(Cc2ccccc2)C[C@@H]1C(=O)N1C(=O)OC[C@H]1c1ccccc1. The number of carbonyl (C=O) groups is 2. The predicted octanol–water partition coefficient (Wildman–Crippen LogP) is 3.86. The molecule has 0 saturated carbocycles. The lowest BCUT2D eigenvalue weighted by atomic mass is 9.91. The van der Waals surface area contributed by atoms with Crippen molar-refractivity contribution in [2.24, 2.45) is 11.8 Å². The number of benzene rings is 2. The first-order chi connectivity index (χ1) is 13.7. The van der Waals surface area contributed by atoms with Crippen molar-refractivity contribution in [2.75, 3.05) is 19.7 Å². The van der Waals surface area contributed by atoms with Crippen LogP contribution in [0.2, 0.25) is 0 Å². The van der Waals surface area contributed by atoms with E-state index in [0.29, 0.717) is 6.54 Å². The van der Waals surface area contributed by atoms with Crippen LogP contribution in [0, 0.1) is 11.8 Å². The number of carbonyl (C=O) groups excluding carboxylic acids is 2. The van der Waals surface area contributed by atoms with Gasteiger partial charge in [0.1, 0.15) is 12.6 Å². The molecule has 5 nitrogen and oxygen atoms in total. The van der Waals surface area contributed by atoms with Crippen LogP contribution in [0.1, 0.15) is 30.5 Å². The van der Waals surface area contributed by atoms with Crippen molar-refractivity contribution in [3.63, 3.8) is 0 Å². The maximum absolute atomic E-state index is 13.4. The quantitative estimate of drug-likeness (QED) is 0.793. The molecule has 28 heavy (non-hydrogen) atoms. The van der Waals surface area contributed by atoms with Crippen molar-refractivity contribution < 1.29 is 14.3 Å². The standard InChI is InChI=1S/C23H26N2O3/c1-2-18-14-24(13-17-9-5-3-6-10-17)15-20(18)22(26)25-21(16-28-23(25)27)19-11-7-4-8-12-19/h3-12,18,20-21H,2,13-16H2,1H3/t18-,20+,21+/m1/s1. The molecule has 3 atom stereocenters. The number of hydrogen-bond donors (Lipinski definition) is 0. The van der Waals surface area contributed by atoms with Crippen LogP contribution in [0.5, 0.6) is 0 Å². The highest BCUT2D eigenvalue weighted by Gasteiger charge is 2.46. The second kappa shape index (κ2) is 8.15. The maximum atomic E-state index is 13.4. The molecule has 2 aliphatic heterocycles. The average Bonchev–Trinajstić information content (AvgIpc) is 3.32. The molecule has 2 aliphatic rings. The molecule has 2 saturated heterocycles. The van der Waals surface area contributed by atoms with E-state index in [-0.39, 0.29) is 30.4 Å². The number of nitrogens with zero attached hydrogens (tertiary/aromatic N) is 2. The van der Waals surface area contributed by atoms with Crippen molar-refractivity contribution in [1.29, 1.82) is 0 Å². The van der Waals surface area contributed by atoms with Gasteiger partial charge in [-0.3, -0.25) is 9.69 Å². The fourth-order valence-corrected chi connectivity index (χ4v) is 4.39. The normalized spacial score (nSPS) is 25.1. The molecule has 0 unspecified atom stereocenters. The molecule has 2 heterocycles. The highest BCUT2D eigenvalue weighted by molar-refractivity contribution is 5.95. The summed E-state index contributed by atoms with van der Waals surface area (Å²) in [6.07, 6.45) is 0.399. The third kappa shape index (κ3) is 3.67. The van der Waals surface area contributed by atoms with E-state index in [1.165, 1.54) is 10.5 Å². The third-order valence-electron chi connectivity index (χ3n) is 5.90. The topological polar surface area (TPSA) is 49.9 Å². The number of rotatable bonds is 5. The molecule has 0 radical (unpaired) electrons. The summed E-state index contributed by atoms with van der Waals surface area (Å²) < 4.78 is 5.26. The van der Waals surface area contributed by atoms with Crippen LogP contribution >= 0.6 is 0 Å². The lowest BCUT2D eigenvalue weighted by molar-refractivity contribution is -0.134. The summed E-state index contributed by atoms with van der Waals surface area (Å²) in [4.78, 5) is 29.5. The summed E-state index contributed by atoms with van der Waals surface area (Å²) in [5.74, 6) is -0.0228. The monoisotopic (exact) mass is 378 g/mol. The Bertz CT molecular complexity index is 824. The fraction of sp³-hybridized carbons (Fsp3) is 0.391. The van der Waals surface area contributed by atoms with E-state index in [1.54, 1.807) is 0 Å². The van der Waals surface area contributed by atoms with E-state index in [0.717, 1.165) is 25.1 Å². The number of cyclic esters (lactones) is 1. The molecule has 0 N–H and O–H groups in total. The molecule has 146 valence electrons. The Morgan fingerprint density at radius 2 is 1.71 bits per heavy atom. The molecular formula is C23H26N2O3. The molecule has 5 heteroatoms. The molecular weight excluding hydrogens is 352 g/mol. The van der Waals surface area contributed by atoms with Gasteiger partial charge in [-0.1, -0.05) is 74.0 Å². The van der Waals surface area contributed by atoms with Crippen LogP contribution < -0.4 is 0 Å². The molecule has 0 bridgehead atoms. The Labute approximate surface area is 165 Å². The molecule has 2 amide bonds. The zero-order chi connectivity index (χ0) is 19.5. The van der Waals surface area contributed by atoms with Crippen LogP contribution in [0.4, 0.5) is 4.79 Å². The highest BCUT2D eigenvalue weighted by atomic mass is 16.6. The molecule has 0 spiro atoms. The zero-order valence-corrected chi connectivity index (χ0v) is 16.2. The number of hydrogen-bond acceptors (Lipinski definition) is 4. The van der Waals surface area contributed by atoms with Gasteiger partial charge in [0.15, 0.2) is 0 Å². The number of ether oxygens (including phenoxy) is 1. The molecule has 4 rings (SSSR count). The van der Waals surface area contributed by atoms with Gasteiger partial charge in [0, 0.05) is 19.6 Å². The molecule has 0 aromatic heterocycles. The minimum Gasteiger partial charge on any atom is -0.446 e. The van der Waals surface area contributed by atoms with Crippen LogP contribution in [-0.4, -0.2) is 41.5 Å². The van der Waals surface area contributed by atoms with Gasteiger partial charge in [0.2, 0.25) is 5.91 Å². The molecule has 2 aromatic rings. The van der Waals surface area contributed by atoms with Crippen LogP contribution in [-0.2, 0) is 16.1 Å². The predicted molar refractivity (Wildman–Crippen MR) is 106 cm³/mol. The Hall–Kier alpha value is -2.66. The van der Waals surface area contributed by atoms with Gasteiger partial charge in [-0.05, 0) is 17.0 Å². The fourth-order valence-electron chi connectivity index (χ4n) is 4.39. The Morgan fingerprint density at radius 1 is 1.04 bits per heavy atom. The first-order valence-electron chi connectivity index (χ1n) is 9.98. The van der Waals surface area contributed by atoms with Crippen LogP contribution in [0.3, 0.4) is 0 Å². The second-order valence-corrected chi connectivity index (χ2v) is 7.67. The van der Waals surface area contributed by atoms with E-state index >= 15 is 0 Å². The minimum atomic E-state index is -0.518. The smallest absolute Gasteiger partial charge is 0.417 e. The maximum Gasteiger partial charge on any atom is 0.417 e. The van der Waals surface area contributed by atoms with Crippen molar-refractivity contribution >= 4 is 12.0 Å². The van der Waals surface area contributed by atoms with Crippen LogP contribution in [0.25, 0.3) is 0 Å². The Kier molecular flexibility index (Phi) is 5.44. The molecule has 0 aliphatic carbocycles. The largest absolute Gasteiger partial charge is 0.446 e. The van der Waals surface area contributed by atoms with E-state index in [1.807, 2.05) is 48.5 Å². The number of amides is 2. The zero-order valence-electron chi connectivity index (χ0n) is 16.2. The number of imide groups is 1. The van der Waals surface area contributed by atoms with Gasteiger partial charge in [-0.2, -0.15) is 0 Å². The molecule has 2 fully saturated rings. The van der Waals surface area contributed by atoms with Crippen molar-refractivity contribution in [2.45, 2.75) is 25.9 Å². The summed E-state index contributed by atoms with van der Waals surface area (Å²) >= 11 is 0. The summed E-state index contributed by atoms with van der Waals surface area (Å²) in [5, 5.41) is 0. The highest BCUT2D eigenvalue weighted by Crippen LogP contribution is 2.34. The average molecular weight is 378 g/mol. The Morgan fingerprint density at radius 3 is 2.39 bits per heavy atom. The van der Waals surface area contributed by atoms with Gasteiger partial charge in [-0.25, -0.2) is 9.69 Å². The van der Waals surface area contributed by atoms with Gasteiger partial charge in [-0.15, -0.1) is 0 Å². The van der Waals surface area contributed by atoms with E-state index in [9.17, 15) is 9.59 Å². The van der Waals surface area contributed by atoms with Crippen molar-refractivity contribution in [3.8, 4) is 0 Å². The van der Waals surface area contributed by atoms with Crippen molar-refractivity contribution in [1.82, 2.24) is 9.80 Å². The lowest BCUT2D eigenvalue weighted by Crippen LogP contribution is -2.41. The minimum absolute atomic E-state index is 0.0984. The second-order valence-electron chi connectivity index (χ2n) is 7.67. The molecule has 2 aromatic carbocycles. The third-order valence-corrected chi connectivity index (χ3v) is 5.90. The summed E-state index contributed by atoms with van der Waals surface area (Å²) in [6.45, 7) is 4.73. The van der Waals surface area contributed by atoms with E-state index in [4.69, 9.17) is 4.74 Å². The Balaban J connectivity index is 1.51. The first kappa shape index (κ1) is 18.7. The lowest BCUT2D eigenvalue weighted by Gasteiger charge is -2.25. The van der Waals surface area contributed by atoms with Gasteiger partial charge < -0.3 is 4.74 Å². The summed E-state index contributed by atoms with van der Waals surface area (Å²) in [7, 11) is 0. The van der Waals surface area contributed by atoms with Crippen LogP contribution in [0.15, 0.2) is 60.7 Å². The summed E-state index contributed by atoms with van der Waals surface area (Å²) in [5.41, 5.74) is 2.18. The number of likely N-dealkylation sites (tertiary alicyclic amines) is 1. The van der Waals surface area contributed by atoms with Gasteiger partial charge in [0.05, 0.1) is 5.92 Å². The summed E-state index contributed by atoms with van der Waals surface area (Å²) in [6, 6.07) is 19.6. The first-order valence-corrected chi connectivity index (χ1v) is 9.98. The van der Waals surface area contributed by atoms with E-state index in [2.05, 4.69) is 24.0 Å². The van der Waals surface area contributed by atoms with E-state index < -0.39 is 6.09 Å². The van der Waals surface area contributed by atoms with Gasteiger partial charge >= 0.3 is 6.09 Å². The van der Waals surface area contributed by atoms with Gasteiger partial charge in [0.25, 0.3) is 0 Å².